The number of nitrogens with one attached hydrogen (secondary N) is 1. The first-order valence-corrected chi connectivity index (χ1v) is 14.8. The number of ether oxygens (including phenoxy) is 1. The number of pyridine rings is 1. The third-order valence-corrected chi connectivity index (χ3v) is 8.14. The van der Waals surface area contributed by atoms with E-state index < -0.39 is 19.6 Å². The van der Waals surface area contributed by atoms with Crippen LogP contribution in [-0.2, 0) is 31.8 Å². The molecule has 3 atom stereocenters. The molecule has 1 unspecified atom stereocenters. The quantitative estimate of drug-likeness (QED) is 0.157. The van der Waals surface area contributed by atoms with Gasteiger partial charge >= 0.3 is 7.75 Å². The highest BCUT2D eigenvalue weighted by atomic mass is 35.5. The Kier molecular flexibility index (Phi) is 9.22. The maximum Gasteiger partial charge on any atom is 0.462 e. The van der Waals surface area contributed by atoms with Gasteiger partial charge in [0.05, 0.1) is 23.6 Å². The third-order valence-electron chi connectivity index (χ3n) is 6.10. The van der Waals surface area contributed by atoms with Crippen molar-refractivity contribution in [2.75, 3.05) is 26.4 Å². The molecule has 4 aromatic rings. The third kappa shape index (κ3) is 7.16. The maximum atomic E-state index is 14.1. The van der Waals surface area contributed by atoms with E-state index in [0.717, 1.165) is 5.39 Å². The van der Waals surface area contributed by atoms with Crippen molar-refractivity contribution < 1.29 is 28.3 Å². The van der Waals surface area contributed by atoms with E-state index in [1.807, 2.05) is 31.2 Å². The van der Waals surface area contributed by atoms with Gasteiger partial charge in [0.2, 0.25) is 5.91 Å². The Balaban J connectivity index is 1.75. The summed E-state index contributed by atoms with van der Waals surface area (Å²) in [5.74, 6) is -1.66. The van der Waals surface area contributed by atoms with Crippen LogP contribution in [0.3, 0.4) is 0 Å². The summed E-state index contributed by atoms with van der Waals surface area (Å²) in [6.07, 6.45) is 0. The molecule has 0 aliphatic rings. The number of fused-ring (bicyclic) bond motifs is 3. The minimum Gasteiger partial charge on any atom is -0.413 e. The van der Waals surface area contributed by atoms with Crippen molar-refractivity contribution in [3.63, 3.8) is 0 Å². The monoisotopic (exact) mass is 604 g/mol. The number of aliphatic hydroxyl groups is 1. The molecule has 0 aliphatic carbocycles. The molecule has 1 amide bonds. The lowest BCUT2D eigenvalue weighted by molar-refractivity contribution is -0.139. The number of halogens is 1. The minimum atomic E-state index is -4.39. The summed E-state index contributed by atoms with van der Waals surface area (Å²) in [5.41, 5.74) is 7.93. The Morgan fingerprint density at radius 3 is 2.56 bits per heavy atom. The number of amides is 1. The number of nitrogens with zero attached hydrogens (tertiary/aromatic N) is 4. The van der Waals surface area contributed by atoms with E-state index in [1.54, 1.807) is 30.8 Å². The molecule has 4 N–H and O–H groups in total. The fourth-order valence-electron chi connectivity index (χ4n) is 4.35. The van der Waals surface area contributed by atoms with E-state index in [4.69, 9.17) is 31.1 Å². The zero-order chi connectivity index (χ0) is 29.9. The van der Waals surface area contributed by atoms with Crippen LogP contribution in [0.15, 0.2) is 48.5 Å². The van der Waals surface area contributed by atoms with Crippen LogP contribution in [0.2, 0.25) is 5.02 Å². The number of carbonyl (C=O) groups excluding carboxylic acids is 1. The number of nitrogens with two attached hydrogens (primary N) is 1. The predicted octanol–water partition coefficient (Wildman–Crippen LogP) is 4.34. The van der Waals surface area contributed by atoms with Gasteiger partial charge in [-0.3, -0.25) is 9.32 Å². The number of likely N-dealkylation sites (N-methyl/N-ethyl adjacent to an activating group) is 1. The van der Waals surface area contributed by atoms with E-state index >= 15 is 0 Å². The first-order chi connectivity index (χ1) is 19.3. The molecule has 0 aliphatic heterocycles. The second kappa shape index (κ2) is 12.3. The van der Waals surface area contributed by atoms with Crippen molar-refractivity contribution in [1.29, 1.82) is 0 Å². The molecule has 0 saturated heterocycles. The summed E-state index contributed by atoms with van der Waals surface area (Å²) < 4.78 is 33.0. The number of aromatic nitrogens is 3. The zero-order valence-corrected chi connectivity index (χ0v) is 25.1. The van der Waals surface area contributed by atoms with E-state index in [0.29, 0.717) is 34.0 Å². The molecule has 2 heterocycles. The van der Waals surface area contributed by atoms with Crippen LogP contribution in [0.1, 0.15) is 26.6 Å². The molecule has 12 nitrogen and oxygen atoms in total. The summed E-state index contributed by atoms with van der Waals surface area (Å²) in [6, 6.07) is 12.5. The lowest BCUT2D eigenvalue weighted by Gasteiger charge is -2.31. The lowest BCUT2D eigenvalue weighted by atomic mass is 10.2. The van der Waals surface area contributed by atoms with Crippen LogP contribution in [-0.4, -0.2) is 63.0 Å². The summed E-state index contributed by atoms with van der Waals surface area (Å²) in [6.45, 7) is 5.00. The fourth-order valence-corrected chi connectivity index (χ4v) is 6.17. The van der Waals surface area contributed by atoms with Crippen LogP contribution < -0.4 is 15.3 Å². The topological polar surface area (TPSA) is 154 Å². The Morgan fingerprint density at radius 2 is 1.90 bits per heavy atom. The lowest BCUT2D eigenvalue weighted by Crippen LogP contribution is -2.43. The Morgan fingerprint density at radius 1 is 1.22 bits per heavy atom. The number of hydrogen-bond donors (Lipinski definition) is 3. The van der Waals surface area contributed by atoms with Crippen LogP contribution in [0.25, 0.3) is 21.9 Å². The molecule has 4 rings (SSSR count). The number of nitrogen functional groups attached to an aromatic ring is 1. The number of benzene rings is 2. The second-order valence-corrected chi connectivity index (χ2v) is 11.9. The number of imidazole rings is 1. The molecule has 2 aromatic heterocycles. The van der Waals surface area contributed by atoms with Gasteiger partial charge in [-0.1, -0.05) is 29.8 Å². The Hall–Kier alpha value is -3.25. The molecule has 0 fully saturated rings. The van der Waals surface area contributed by atoms with Gasteiger partial charge in [-0.05, 0) is 51.1 Å². The van der Waals surface area contributed by atoms with E-state index in [-0.39, 0.29) is 30.6 Å². The molecule has 220 valence electrons. The van der Waals surface area contributed by atoms with Crippen molar-refractivity contribution in [1.82, 2.24) is 24.5 Å². The Bertz CT molecular complexity index is 1590. The molecule has 0 saturated carbocycles. The van der Waals surface area contributed by atoms with Crippen molar-refractivity contribution in [3.05, 3.63) is 59.4 Å². The molecule has 14 heteroatoms. The summed E-state index contributed by atoms with van der Waals surface area (Å²) in [5, 5.41) is 15.4. The van der Waals surface area contributed by atoms with Crippen molar-refractivity contribution in [3.8, 4) is 5.75 Å². The predicted molar refractivity (Wildman–Crippen MR) is 157 cm³/mol. The fraction of sp³-hybridized carbons (Fsp3) is 0.370. The van der Waals surface area contributed by atoms with Crippen molar-refractivity contribution in [2.24, 2.45) is 0 Å². The molecular formula is C27H34ClN6O6P. The summed E-state index contributed by atoms with van der Waals surface area (Å²) >= 11 is 5.99. The minimum absolute atomic E-state index is 0.112. The van der Waals surface area contributed by atoms with Crippen molar-refractivity contribution >= 4 is 53.0 Å². The van der Waals surface area contributed by atoms with Gasteiger partial charge in [0, 0.05) is 31.1 Å². The largest absolute Gasteiger partial charge is 0.462 e. The van der Waals surface area contributed by atoms with E-state index in [9.17, 15) is 14.5 Å². The standard InChI is InChI=1S/C27H34ClN6O6P/c1-6-38-15-22-31-23-24(20-9-7-8-10-21(20)30-25(23)29)34(22)16-27(3,36)40-41(37,32-17(2)26(35)33(4)5)39-19-13-11-18(28)12-14-19/h7-14,17,36H,6,15-16H2,1-5H3,(H2,29,30)(H,32,37)/t17-,27+,41?/m0/s1. The normalized spacial score (nSPS) is 15.4. The van der Waals surface area contributed by atoms with Gasteiger partial charge < -0.3 is 29.6 Å². The first-order valence-electron chi connectivity index (χ1n) is 12.9. The molecular weight excluding hydrogens is 571 g/mol. The molecule has 41 heavy (non-hydrogen) atoms. The van der Waals surface area contributed by atoms with Gasteiger partial charge in [-0.25, -0.2) is 14.5 Å². The highest BCUT2D eigenvalue weighted by molar-refractivity contribution is 7.52. The van der Waals surface area contributed by atoms with Gasteiger partial charge in [-0.15, -0.1) is 0 Å². The number of carbonyl (C=O) groups is 1. The van der Waals surface area contributed by atoms with Crippen molar-refractivity contribution in [2.45, 2.75) is 45.8 Å². The molecule has 0 spiro atoms. The average molecular weight is 605 g/mol. The molecule has 0 bridgehead atoms. The summed E-state index contributed by atoms with van der Waals surface area (Å²) in [4.78, 5) is 23.0. The highest BCUT2D eigenvalue weighted by Crippen LogP contribution is 2.48. The van der Waals surface area contributed by atoms with Crippen LogP contribution in [0, 0.1) is 0 Å². The number of hydrogen-bond acceptors (Lipinski definition) is 9. The van der Waals surface area contributed by atoms with Gasteiger partial charge in [-0.2, -0.15) is 5.09 Å². The van der Waals surface area contributed by atoms with Gasteiger partial charge in [0.1, 0.15) is 23.7 Å². The smallest absolute Gasteiger partial charge is 0.413 e. The number of para-hydroxylation sites is 1. The van der Waals surface area contributed by atoms with Crippen LogP contribution in [0.4, 0.5) is 5.82 Å². The van der Waals surface area contributed by atoms with E-state index in [2.05, 4.69) is 15.1 Å². The number of anilines is 1. The first kappa shape index (κ1) is 30.7. The van der Waals surface area contributed by atoms with Crippen LogP contribution >= 0.6 is 19.3 Å². The number of rotatable bonds is 12. The summed E-state index contributed by atoms with van der Waals surface area (Å²) in [7, 11) is -1.26. The maximum absolute atomic E-state index is 14.1. The Labute approximate surface area is 242 Å². The second-order valence-electron chi connectivity index (χ2n) is 9.86. The zero-order valence-electron chi connectivity index (χ0n) is 23.5. The molecule has 0 radical (unpaired) electrons. The van der Waals surface area contributed by atoms with Gasteiger partial charge in [0.25, 0.3) is 0 Å². The molecule has 2 aromatic carbocycles. The van der Waals surface area contributed by atoms with Gasteiger partial charge in [0.15, 0.2) is 11.6 Å². The van der Waals surface area contributed by atoms with E-state index in [1.165, 1.54) is 30.9 Å². The highest BCUT2D eigenvalue weighted by Gasteiger charge is 2.40. The average Bonchev–Trinajstić information content (AvgIpc) is 3.25. The van der Waals surface area contributed by atoms with Crippen LogP contribution in [0.5, 0.6) is 5.75 Å². The SMILES string of the molecule is CCOCc1nc2c(N)nc3ccccc3c2n1C[C@](C)(O)OP(=O)(N[C@@H](C)C(=O)N(C)C)Oc1ccc(Cl)cc1.